The molecule has 5 heteroatoms. The van der Waals surface area contributed by atoms with E-state index in [1.165, 1.54) is 0 Å². The highest BCUT2D eigenvalue weighted by atomic mass is 16.5. The van der Waals surface area contributed by atoms with Crippen LogP contribution >= 0.6 is 0 Å². The monoisotopic (exact) mass is 252 g/mol. The molecule has 1 aromatic rings. The fourth-order valence-corrected chi connectivity index (χ4v) is 1.71. The summed E-state index contributed by atoms with van der Waals surface area (Å²) in [6, 6.07) is 7.21. The van der Waals surface area contributed by atoms with Crippen LogP contribution in [-0.4, -0.2) is 49.3 Å². The molecule has 5 nitrogen and oxygen atoms in total. The van der Waals surface area contributed by atoms with Crippen LogP contribution in [0.3, 0.4) is 0 Å². The Labute approximate surface area is 107 Å². The van der Waals surface area contributed by atoms with Gasteiger partial charge in [-0.2, -0.15) is 0 Å². The maximum absolute atomic E-state index is 11.1. The Morgan fingerprint density at radius 1 is 1.44 bits per heavy atom. The van der Waals surface area contributed by atoms with Crippen molar-refractivity contribution in [2.75, 3.05) is 33.4 Å². The molecule has 3 N–H and O–H groups in total. The molecule has 0 spiro atoms. The zero-order chi connectivity index (χ0) is 13.4. The van der Waals surface area contributed by atoms with Crippen molar-refractivity contribution in [1.29, 1.82) is 0 Å². The number of ether oxygens (including phenoxy) is 1. The number of benzene rings is 1. The number of primary amides is 1. The number of methoxy groups -OCH3 is 1. The molecule has 0 saturated heterocycles. The minimum Gasteiger partial charge on any atom is -0.395 e. The Balaban J connectivity index is 2.67. The van der Waals surface area contributed by atoms with Crippen LogP contribution in [0.25, 0.3) is 0 Å². The molecule has 0 fully saturated rings. The number of amides is 1. The van der Waals surface area contributed by atoms with Crippen molar-refractivity contribution in [3.63, 3.8) is 0 Å². The largest absolute Gasteiger partial charge is 0.395 e. The van der Waals surface area contributed by atoms with E-state index in [9.17, 15) is 4.79 Å². The van der Waals surface area contributed by atoms with Crippen LogP contribution in [0.1, 0.15) is 15.9 Å². The number of rotatable bonds is 8. The summed E-state index contributed by atoms with van der Waals surface area (Å²) in [5, 5.41) is 9.00. The Hall–Kier alpha value is -1.43. The first-order valence-electron chi connectivity index (χ1n) is 5.88. The fraction of sp³-hybridized carbons (Fsp3) is 0.462. The van der Waals surface area contributed by atoms with Crippen LogP contribution in [-0.2, 0) is 11.3 Å². The van der Waals surface area contributed by atoms with Gasteiger partial charge in [-0.15, -0.1) is 0 Å². The quantitative estimate of drug-likeness (QED) is 0.694. The molecule has 1 aromatic carbocycles. The lowest BCUT2D eigenvalue weighted by atomic mass is 10.1. The van der Waals surface area contributed by atoms with Crippen LogP contribution in [0.4, 0.5) is 0 Å². The Bertz CT molecular complexity index is 382. The number of carbonyl (C=O) groups excluding carboxylic acids is 1. The summed E-state index contributed by atoms with van der Waals surface area (Å²) < 4.78 is 5.02. The molecule has 0 bridgehead atoms. The van der Waals surface area contributed by atoms with Crippen molar-refractivity contribution in [2.45, 2.75) is 6.54 Å². The Kier molecular flexibility index (Phi) is 6.35. The number of aliphatic hydroxyl groups excluding tert-OH is 1. The van der Waals surface area contributed by atoms with E-state index in [0.717, 1.165) is 12.1 Å². The second-order valence-electron chi connectivity index (χ2n) is 4.06. The highest BCUT2D eigenvalue weighted by Gasteiger charge is 2.07. The van der Waals surface area contributed by atoms with Gasteiger partial charge in [-0.05, 0) is 17.7 Å². The maximum atomic E-state index is 11.1. The number of aliphatic hydroxyl groups is 1. The lowest BCUT2D eigenvalue weighted by Crippen LogP contribution is -2.30. The topological polar surface area (TPSA) is 75.8 Å². The maximum Gasteiger partial charge on any atom is 0.248 e. The Morgan fingerprint density at radius 2 is 2.22 bits per heavy atom. The van der Waals surface area contributed by atoms with Crippen molar-refractivity contribution < 1.29 is 14.6 Å². The summed E-state index contributed by atoms with van der Waals surface area (Å²) in [7, 11) is 1.64. The third kappa shape index (κ3) is 4.83. The van der Waals surface area contributed by atoms with E-state index >= 15 is 0 Å². The number of nitrogens with zero attached hydrogens (tertiary/aromatic N) is 1. The molecule has 18 heavy (non-hydrogen) atoms. The van der Waals surface area contributed by atoms with Gasteiger partial charge in [0, 0.05) is 32.3 Å². The zero-order valence-corrected chi connectivity index (χ0v) is 10.6. The molecule has 0 aromatic heterocycles. The summed E-state index contributed by atoms with van der Waals surface area (Å²) in [5.74, 6) is -0.428. The van der Waals surface area contributed by atoms with E-state index in [1.54, 1.807) is 19.2 Å². The van der Waals surface area contributed by atoms with E-state index in [2.05, 4.69) is 4.90 Å². The highest BCUT2D eigenvalue weighted by molar-refractivity contribution is 5.92. The van der Waals surface area contributed by atoms with Gasteiger partial charge in [-0.3, -0.25) is 9.69 Å². The molecule has 0 unspecified atom stereocenters. The molecular weight excluding hydrogens is 232 g/mol. The van der Waals surface area contributed by atoms with E-state index in [4.69, 9.17) is 15.6 Å². The van der Waals surface area contributed by atoms with E-state index in [0.29, 0.717) is 25.3 Å². The smallest absolute Gasteiger partial charge is 0.248 e. The normalized spacial score (nSPS) is 10.8. The first-order chi connectivity index (χ1) is 8.67. The first kappa shape index (κ1) is 14.6. The van der Waals surface area contributed by atoms with Gasteiger partial charge in [0.2, 0.25) is 5.91 Å². The van der Waals surface area contributed by atoms with Crippen molar-refractivity contribution in [3.8, 4) is 0 Å². The average Bonchev–Trinajstić information content (AvgIpc) is 2.36. The highest BCUT2D eigenvalue weighted by Crippen LogP contribution is 2.08. The van der Waals surface area contributed by atoms with Crippen LogP contribution in [0.2, 0.25) is 0 Å². The molecule has 1 amide bonds. The molecule has 0 saturated carbocycles. The molecule has 0 heterocycles. The minimum absolute atomic E-state index is 0.0965. The summed E-state index contributed by atoms with van der Waals surface area (Å²) in [5.41, 5.74) is 6.74. The average molecular weight is 252 g/mol. The second-order valence-corrected chi connectivity index (χ2v) is 4.06. The van der Waals surface area contributed by atoms with Crippen LogP contribution < -0.4 is 5.73 Å². The lowest BCUT2D eigenvalue weighted by molar-refractivity contribution is 0.0999. The zero-order valence-electron chi connectivity index (χ0n) is 10.6. The molecule has 0 aliphatic heterocycles. The van der Waals surface area contributed by atoms with Gasteiger partial charge in [0.25, 0.3) is 0 Å². The Morgan fingerprint density at radius 3 is 2.83 bits per heavy atom. The SMILES string of the molecule is COCCN(CCO)Cc1cccc(C(N)=O)c1. The molecule has 1 rings (SSSR count). The number of hydrogen-bond acceptors (Lipinski definition) is 4. The van der Waals surface area contributed by atoms with Gasteiger partial charge in [0.15, 0.2) is 0 Å². The van der Waals surface area contributed by atoms with E-state index in [1.807, 2.05) is 12.1 Å². The summed E-state index contributed by atoms with van der Waals surface area (Å²) in [6.07, 6.45) is 0. The van der Waals surface area contributed by atoms with Crippen molar-refractivity contribution in [3.05, 3.63) is 35.4 Å². The molecule has 0 radical (unpaired) electrons. The number of carbonyl (C=O) groups is 1. The van der Waals surface area contributed by atoms with Gasteiger partial charge < -0.3 is 15.6 Å². The lowest BCUT2D eigenvalue weighted by Gasteiger charge is -2.21. The molecule has 0 aliphatic carbocycles. The molecule has 0 atom stereocenters. The molecule has 100 valence electrons. The van der Waals surface area contributed by atoms with Crippen LogP contribution in [0.15, 0.2) is 24.3 Å². The second kappa shape index (κ2) is 7.81. The van der Waals surface area contributed by atoms with Gasteiger partial charge in [-0.25, -0.2) is 0 Å². The third-order valence-corrected chi connectivity index (χ3v) is 2.65. The van der Waals surface area contributed by atoms with Gasteiger partial charge in [0.1, 0.15) is 0 Å². The molecular formula is C13H20N2O3. The number of hydrogen-bond donors (Lipinski definition) is 2. The predicted molar refractivity (Wildman–Crippen MR) is 69.2 cm³/mol. The van der Waals surface area contributed by atoms with Crippen LogP contribution in [0, 0.1) is 0 Å². The summed E-state index contributed by atoms with van der Waals surface area (Å²) in [6.45, 7) is 2.67. The van der Waals surface area contributed by atoms with E-state index < -0.39 is 5.91 Å². The van der Waals surface area contributed by atoms with Gasteiger partial charge in [-0.1, -0.05) is 12.1 Å². The standard InChI is InChI=1S/C13H20N2O3/c1-18-8-6-15(5-7-16)10-11-3-2-4-12(9-11)13(14)17/h2-4,9,16H,5-8,10H2,1H3,(H2,14,17). The fourth-order valence-electron chi connectivity index (χ4n) is 1.71. The van der Waals surface area contributed by atoms with Crippen molar-refractivity contribution >= 4 is 5.91 Å². The van der Waals surface area contributed by atoms with Gasteiger partial charge >= 0.3 is 0 Å². The summed E-state index contributed by atoms with van der Waals surface area (Å²) >= 11 is 0. The minimum atomic E-state index is -0.428. The van der Waals surface area contributed by atoms with Crippen LogP contribution in [0.5, 0.6) is 0 Å². The number of nitrogens with two attached hydrogens (primary N) is 1. The summed E-state index contributed by atoms with van der Waals surface area (Å²) in [4.78, 5) is 13.1. The third-order valence-electron chi connectivity index (χ3n) is 2.65. The van der Waals surface area contributed by atoms with Gasteiger partial charge in [0.05, 0.1) is 13.2 Å². The first-order valence-corrected chi connectivity index (χ1v) is 5.88. The molecule has 0 aliphatic rings. The van der Waals surface area contributed by atoms with E-state index in [-0.39, 0.29) is 6.61 Å². The van der Waals surface area contributed by atoms with Crippen molar-refractivity contribution in [2.24, 2.45) is 5.73 Å². The predicted octanol–water partition coefficient (Wildman–Crippen LogP) is 0.226. The van der Waals surface area contributed by atoms with Crippen molar-refractivity contribution in [1.82, 2.24) is 4.90 Å².